The van der Waals surface area contributed by atoms with Crippen LogP contribution in [-0.4, -0.2) is 0 Å². The standard InChI is InChI=1S/C20H26.C19H24.2C18H22.2C17H20.C16H18/c1-13-9-8-10-14(2)18(13)17-11-15(3)19(16(4)12-17)20(5,6)7;1-13-9-7-8-10-17(13)16-11-14(2)18(15(3)12-16)19(4,5)6;1-13-8-6-7-9-16(13)15-10-11-17(14(2)12-15)18(3,4)5;1-13-11-16(15-9-7-6-8-10-15)12-14(2)17(13)18(3,4)5;1-13-7-5-6-8-16(13)14-9-11-15(12-10-14)17(2,3)4;1-13-12-15(14-8-6-5-7-9-14)10-11-16(13)17(2,3)4;1-16(2,3)15-11-9-14(10-12-15)13-7-5-4-6-8-13/h8-12H,1-7H3;7-12H,1-6H3;2*6-12H,1-5H3;2*5-12H,1-4H3;4-12H,1-3H3. The molecule has 0 aliphatic heterocycles. The molecule has 125 heavy (non-hydrogen) atoms. The summed E-state index contributed by atoms with van der Waals surface area (Å²) in [4.78, 5) is 0. The topological polar surface area (TPSA) is 0 Å². The van der Waals surface area contributed by atoms with E-state index in [4.69, 9.17) is 0 Å². The van der Waals surface area contributed by atoms with Gasteiger partial charge in [-0.2, -0.15) is 0 Å². The van der Waals surface area contributed by atoms with Crippen LogP contribution in [0.3, 0.4) is 0 Å². The van der Waals surface area contributed by atoms with Gasteiger partial charge in [-0.3, -0.25) is 0 Å². The molecule has 0 aliphatic rings. The smallest absolute Gasteiger partial charge is 0.0125 e. The molecular formula is C125H152. The van der Waals surface area contributed by atoms with Gasteiger partial charge in [0.25, 0.3) is 0 Å². The van der Waals surface area contributed by atoms with Crippen LogP contribution in [-0.2, 0) is 37.9 Å². The Kier molecular flexibility index (Phi) is 33.7. The van der Waals surface area contributed by atoms with E-state index < -0.39 is 0 Å². The average molecular weight is 1650 g/mol. The second kappa shape index (κ2) is 42.4. The molecule has 0 heteroatoms. The first-order valence-corrected chi connectivity index (χ1v) is 45.5. The maximum atomic E-state index is 2.35. The molecule has 0 fully saturated rings. The maximum Gasteiger partial charge on any atom is -0.0125 e. The van der Waals surface area contributed by atoms with Crippen molar-refractivity contribution in [2.75, 3.05) is 0 Å². The van der Waals surface area contributed by atoms with Crippen molar-refractivity contribution in [3.63, 3.8) is 0 Å². The van der Waals surface area contributed by atoms with Crippen LogP contribution >= 0.6 is 0 Å². The van der Waals surface area contributed by atoms with Crippen LogP contribution in [0.1, 0.15) is 257 Å². The van der Waals surface area contributed by atoms with Crippen molar-refractivity contribution in [3.05, 3.63) is 415 Å². The normalized spacial score (nSPS) is 11.6. The van der Waals surface area contributed by atoms with Crippen LogP contribution in [0.5, 0.6) is 0 Å². The molecule has 0 atom stereocenters. The fourth-order valence-electron chi connectivity index (χ4n) is 18.4. The van der Waals surface area contributed by atoms with E-state index >= 15 is 0 Å². The number of hydrogen-bond donors (Lipinski definition) is 0. The Labute approximate surface area is 760 Å². The molecule has 0 amide bonds. The molecule has 0 spiro atoms. The van der Waals surface area contributed by atoms with Gasteiger partial charge in [-0.1, -0.05) is 449 Å². The van der Waals surface area contributed by atoms with E-state index in [9.17, 15) is 0 Å². The predicted molar refractivity (Wildman–Crippen MR) is 556 cm³/mol. The highest BCUT2D eigenvalue weighted by Gasteiger charge is 2.25. The lowest BCUT2D eigenvalue weighted by atomic mass is 9.79. The lowest BCUT2D eigenvalue weighted by molar-refractivity contribution is 0.581. The minimum absolute atomic E-state index is 0.202. The van der Waals surface area contributed by atoms with Crippen molar-refractivity contribution in [2.24, 2.45) is 0 Å². The fraction of sp³-hybridized carbons (Fsp3) is 0.328. The summed E-state index contributed by atoms with van der Waals surface area (Å²) in [5.74, 6) is 0. The Morgan fingerprint density at radius 2 is 0.368 bits per heavy atom. The lowest BCUT2D eigenvalue weighted by Gasteiger charge is -2.25. The molecule has 652 valence electrons. The molecule has 14 aromatic rings. The second-order valence-corrected chi connectivity index (χ2v) is 42.2. The van der Waals surface area contributed by atoms with Gasteiger partial charge in [-0.25, -0.2) is 0 Å². The van der Waals surface area contributed by atoms with Crippen LogP contribution in [0.4, 0.5) is 0 Å². The molecule has 0 heterocycles. The monoisotopic (exact) mass is 1650 g/mol. The molecule has 14 rings (SSSR count). The average Bonchev–Trinajstić information content (AvgIpc) is 0.786. The van der Waals surface area contributed by atoms with E-state index in [1.165, 1.54) is 189 Å². The molecule has 14 aromatic carbocycles. The van der Waals surface area contributed by atoms with Crippen LogP contribution in [0.2, 0.25) is 0 Å². The molecule has 0 aromatic heterocycles. The van der Waals surface area contributed by atoms with Gasteiger partial charge in [0.1, 0.15) is 0 Å². The summed E-state index contributed by atoms with van der Waals surface area (Å²) in [6.45, 7) is 76.3. The SMILES string of the molecule is CC(C)(C)c1ccc(-c2ccccc2)cc1.Cc1cc(-c2ccccc2)cc(C)c1C(C)(C)C.Cc1cc(-c2ccccc2)ccc1C(C)(C)C.Cc1cccc(C)c1-c1cc(C)c(C(C)(C)C)c(C)c1.Cc1ccccc1-c1cc(C)c(C(C)(C)C)c(C)c1.Cc1ccccc1-c1ccc(C(C)(C)C)c(C)c1.Cc1ccccc1-c1ccc(C(C)(C)C)cc1. The van der Waals surface area contributed by atoms with Crippen molar-refractivity contribution in [1.82, 2.24) is 0 Å². The Morgan fingerprint density at radius 1 is 0.136 bits per heavy atom. The summed E-state index contributed by atoms with van der Waals surface area (Å²) < 4.78 is 0. The molecule has 0 saturated heterocycles. The van der Waals surface area contributed by atoms with Gasteiger partial charge in [0.05, 0.1) is 0 Å². The van der Waals surface area contributed by atoms with Crippen molar-refractivity contribution in [2.45, 2.75) is 273 Å². The predicted octanol–water partition coefficient (Wildman–Crippen LogP) is 36.6. The number of benzene rings is 14. The molecule has 0 radical (unpaired) electrons. The minimum atomic E-state index is 0.202. The van der Waals surface area contributed by atoms with Gasteiger partial charge in [-0.05, 0) is 317 Å². The molecule has 0 N–H and O–H groups in total. The van der Waals surface area contributed by atoms with Crippen molar-refractivity contribution in [3.8, 4) is 77.9 Å². The first-order valence-electron chi connectivity index (χ1n) is 45.5. The second-order valence-electron chi connectivity index (χ2n) is 42.2. The van der Waals surface area contributed by atoms with Gasteiger partial charge in [0.15, 0.2) is 0 Å². The molecular weight excluding hydrogens is 1500 g/mol. The zero-order chi connectivity index (χ0) is 92.5. The largest absolute Gasteiger partial charge is 0.0622 e. The summed E-state index contributed by atoms with van der Waals surface area (Å²) in [6.07, 6.45) is 0. The van der Waals surface area contributed by atoms with Gasteiger partial charge in [0.2, 0.25) is 0 Å². The fourth-order valence-corrected chi connectivity index (χ4v) is 18.4. The highest BCUT2D eigenvalue weighted by molar-refractivity contribution is 5.75. The van der Waals surface area contributed by atoms with E-state index in [-0.39, 0.29) is 37.9 Å². The van der Waals surface area contributed by atoms with Crippen LogP contribution in [0.15, 0.2) is 303 Å². The van der Waals surface area contributed by atoms with Crippen LogP contribution in [0.25, 0.3) is 77.9 Å². The van der Waals surface area contributed by atoms with Crippen LogP contribution in [0, 0.1) is 90.0 Å². The molecule has 0 bridgehead atoms. The summed E-state index contributed by atoms with van der Waals surface area (Å²) in [7, 11) is 0. The third-order valence-corrected chi connectivity index (χ3v) is 23.9. The molecule has 0 unspecified atom stereocenters. The van der Waals surface area contributed by atoms with E-state index in [1.807, 2.05) is 6.07 Å². The van der Waals surface area contributed by atoms with Gasteiger partial charge in [0, 0.05) is 0 Å². The van der Waals surface area contributed by atoms with E-state index in [0.29, 0.717) is 0 Å². The van der Waals surface area contributed by atoms with Crippen molar-refractivity contribution < 1.29 is 0 Å². The van der Waals surface area contributed by atoms with Crippen molar-refractivity contribution in [1.29, 1.82) is 0 Å². The first-order chi connectivity index (χ1) is 58.3. The van der Waals surface area contributed by atoms with Crippen LogP contribution < -0.4 is 0 Å². The zero-order valence-electron chi connectivity index (χ0n) is 83.4. The molecule has 0 nitrogen and oxygen atoms in total. The van der Waals surface area contributed by atoms with E-state index in [0.717, 1.165) is 0 Å². The third kappa shape index (κ3) is 27.8. The third-order valence-electron chi connectivity index (χ3n) is 23.9. The first kappa shape index (κ1) is 99.5. The quantitative estimate of drug-likeness (QED) is 0.149. The van der Waals surface area contributed by atoms with E-state index in [2.05, 4.69) is 533 Å². The highest BCUT2D eigenvalue weighted by Crippen LogP contribution is 2.40. The van der Waals surface area contributed by atoms with Crippen molar-refractivity contribution >= 4 is 0 Å². The molecule has 0 aliphatic carbocycles. The number of rotatable bonds is 7. The lowest BCUT2D eigenvalue weighted by Crippen LogP contribution is -2.15. The maximum absolute atomic E-state index is 2.35. The van der Waals surface area contributed by atoms with Gasteiger partial charge < -0.3 is 0 Å². The summed E-state index contributed by atoms with van der Waals surface area (Å²) in [6, 6.07) is 109. The Balaban J connectivity index is 0.000000181. The Hall–Kier alpha value is -10.9. The number of hydrogen-bond acceptors (Lipinski definition) is 0. The van der Waals surface area contributed by atoms with Gasteiger partial charge >= 0.3 is 0 Å². The molecule has 0 saturated carbocycles. The summed E-state index contributed by atoms with van der Waals surface area (Å²) >= 11 is 0. The highest BCUT2D eigenvalue weighted by atomic mass is 14.3. The van der Waals surface area contributed by atoms with Gasteiger partial charge in [-0.15, -0.1) is 0 Å². The Bertz CT molecular complexity index is 5730. The zero-order valence-corrected chi connectivity index (χ0v) is 83.4. The minimum Gasteiger partial charge on any atom is -0.0622 e. The Morgan fingerprint density at radius 3 is 0.680 bits per heavy atom. The summed E-state index contributed by atoms with van der Waals surface area (Å²) in [5, 5.41) is 0. The van der Waals surface area contributed by atoms with E-state index in [1.54, 1.807) is 0 Å². The summed E-state index contributed by atoms with van der Waals surface area (Å²) in [5.41, 5.74) is 47.9. The number of aryl methyl sites for hydroxylation is 13.